The van der Waals surface area contributed by atoms with E-state index in [-0.39, 0.29) is 0 Å². The van der Waals surface area contributed by atoms with Crippen molar-refractivity contribution >= 4 is 23.4 Å². The largest absolute Gasteiger partial charge is 0.362 e. The Morgan fingerprint density at radius 3 is 2.58 bits per heavy atom. The number of hydrogen-bond donors (Lipinski definition) is 2. The molecule has 5 nitrogen and oxygen atoms in total. The van der Waals surface area contributed by atoms with Crippen LogP contribution in [-0.4, -0.2) is 38.6 Å². The molecule has 0 unspecified atom stereocenters. The van der Waals surface area contributed by atoms with Crippen LogP contribution in [0.2, 0.25) is 5.02 Å². The van der Waals surface area contributed by atoms with Crippen LogP contribution in [0.4, 0.5) is 5.82 Å². The number of nitrogens with one attached hydrogen (secondary N) is 2. The molecule has 0 aliphatic carbocycles. The van der Waals surface area contributed by atoms with E-state index in [0.29, 0.717) is 6.54 Å². The monoisotopic (exact) mass is 345 g/mol. The summed E-state index contributed by atoms with van der Waals surface area (Å²) in [6.45, 7) is 1.42. The van der Waals surface area contributed by atoms with E-state index in [1.54, 1.807) is 13.2 Å². The van der Waals surface area contributed by atoms with Crippen LogP contribution in [0, 0.1) is 0 Å². The van der Waals surface area contributed by atoms with Crippen LogP contribution in [0.25, 0.3) is 0 Å². The number of anilines is 1. The van der Waals surface area contributed by atoms with Gasteiger partial charge < -0.3 is 15.5 Å². The number of benzene rings is 1. The van der Waals surface area contributed by atoms with Crippen molar-refractivity contribution in [3.8, 4) is 0 Å². The molecule has 0 saturated carbocycles. The van der Waals surface area contributed by atoms with E-state index in [0.717, 1.165) is 40.9 Å². The zero-order valence-electron chi connectivity index (χ0n) is 14.4. The lowest BCUT2D eigenvalue weighted by Crippen LogP contribution is -2.38. The highest BCUT2D eigenvalue weighted by Crippen LogP contribution is 2.15. The van der Waals surface area contributed by atoms with E-state index in [1.165, 1.54) is 0 Å². The predicted molar refractivity (Wildman–Crippen MR) is 102 cm³/mol. The summed E-state index contributed by atoms with van der Waals surface area (Å²) in [7, 11) is 5.74. The highest BCUT2D eigenvalue weighted by molar-refractivity contribution is 6.31. The number of hydrogen-bond acceptors (Lipinski definition) is 3. The molecule has 0 aliphatic rings. The molecule has 0 amide bonds. The van der Waals surface area contributed by atoms with Crippen molar-refractivity contribution in [2.24, 2.45) is 4.99 Å². The van der Waals surface area contributed by atoms with Crippen LogP contribution in [0.1, 0.15) is 11.1 Å². The number of aliphatic imine (C=N–C) groups is 1. The average Bonchev–Trinajstić information content (AvgIpc) is 2.59. The number of pyridine rings is 1. The Bertz CT molecular complexity index is 685. The van der Waals surface area contributed by atoms with Gasteiger partial charge in [0.25, 0.3) is 0 Å². The van der Waals surface area contributed by atoms with Gasteiger partial charge >= 0.3 is 0 Å². The molecule has 2 N–H and O–H groups in total. The summed E-state index contributed by atoms with van der Waals surface area (Å²) in [6.07, 6.45) is 2.64. The fourth-order valence-electron chi connectivity index (χ4n) is 2.39. The number of rotatable bonds is 6. The molecule has 0 bridgehead atoms. The Hall–Kier alpha value is -2.27. The van der Waals surface area contributed by atoms with Gasteiger partial charge in [-0.25, -0.2) is 4.98 Å². The van der Waals surface area contributed by atoms with Gasteiger partial charge in [-0.15, -0.1) is 0 Å². The minimum Gasteiger partial charge on any atom is -0.362 e. The van der Waals surface area contributed by atoms with E-state index >= 15 is 0 Å². The lowest BCUT2D eigenvalue weighted by atomic mass is 10.1. The first-order valence-electron chi connectivity index (χ1n) is 7.91. The van der Waals surface area contributed by atoms with Gasteiger partial charge in [-0.05, 0) is 24.1 Å². The Balaban J connectivity index is 1.86. The molecule has 0 radical (unpaired) electrons. The Morgan fingerprint density at radius 1 is 1.12 bits per heavy atom. The van der Waals surface area contributed by atoms with E-state index in [1.807, 2.05) is 49.3 Å². The molecule has 128 valence electrons. The Morgan fingerprint density at radius 2 is 1.88 bits per heavy atom. The normalized spacial score (nSPS) is 11.2. The maximum absolute atomic E-state index is 6.18. The van der Waals surface area contributed by atoms with Gasteiger partial charge in [-0.3, -0.25) is 4.99 Å². The molecule has 0 atom stereocenters. The number of guanidine groups is 1. The van der Waals surface area contributed by atoms with Crippen LogP contribution in [0.5, 0.6) is 0 Å². The van der Waals surface area contributed by atoms with Crippen molar-refractivity contribution in [3.05, 3.63) is 58.7 Å². The van der Waals surface area contributed by atoms with Gasteiger partial charge in [-0.2, -0.15) is 0 Å². The molecule has 0 aliphatic heterocycles. The highest BCUT2D eigenvalue weighted by atomic mass is 35.5. The molecule has 1 heterocycles. The lowest BCUT2D eigenvalue weighted by molar-refractivity contribution is 0.791. The number of aromatic nitrogens is 1. The van der Waals surface area contributed by atoms with Gasteiger partial charge in [0, 0.05) is 51.0 Å². The summed E-state index contributed by atoms with van der Waals surface area (Å²) in [4.78, 5) is 10.7. The quantitative estimate of drug-likeness (QED) is 0.624. The highest BCUT2D eigenvalue weighted by Gasteiger charge is 2.06. The molecule has 2 rings (SSSR count). The average molecular weight is 346 g/mol. The molecule has 2 aromatic rings. The van der Waals surface area contributed by atoms with Gasteiger partial charge in [0.2, 0.25) is 0 Å². The number of halogens is 1. The zero-order valence-corrected chi connectivity index (χ0v) is 15.1. The first-order valence-corrected chi connectivity index (χ1v) is 8.28. The van der Waals surface area contributed by atoms with Gasteiger partial charge in [0.1, 0.15) is 5.82 Å². The molecule has 0 saturated heterocycles. The summed E-state index contributed by atoms with van der Waals surface area (Å²) in [5.74, 6) is 1.71. The molecule has 0 spiro atoms. The summed E-state index contributed by atoms with van der Waals surface area (Å²) in [6, 6.07) is 11.9. The minimum absolute atomic E-state index is 0.660. The fourth-order valence-corrected chi connectivity index (χ4v) is 2.62. The third kappa shape index (κ3) is 5.13. The van der Waals surface area contributed by atoms with Crippen LogP contribution in [-0.2, 0) is 13.0 Å². The first-order chi connectivity index (χ1) is 11.6. The Kier molecular flexibility index (Phi) is 6.88. The second-order valence-electron chi connectivity index (χ2n) is 5.57. The second kappa shape index (κ2) is 9.13. The van der Waals surface area contributed by atoms with Crippen molar-refractivity contribution in [1.82, 2.24) is 15.6 Å². The van der Waals surface area contributed by atoms with Crippen LogP contribution in [0.15, 0.2) is 47.6 Å². The molecular formula is C18H24ClN5. The molecule has 24 heavy (non-hydrogen) atoms. The Labute approximate surface area is 148 Å². The number of nitrogens with zero attached hydrogens (tertiary/aromatic N) is 3. The van der Waals surface area contributed by atoms with Crippen molar-refractivity contribution in [3.63, 3.8) is 0 Å². The standard InChI is InChI=1S/C18H24ClN5/c1-20-18(22-12-10-14-7-4-5-9-16(14)19)23-13-15-8-6-11-21-17(15)24(2)3/h4-9,11H,10,12-13H2,1-3H3,(H2,20,22,23). The lowest BCUT2D eigenvalue weighted by Gasteiger charge is -2.17. The SMILES string of the molecule is CN=C(NCCc1ccccc1Cl)NCc1cccnc1N(C)C. The van der Waals surface area contributed by atoms with Crippen LogP contribution >= 0.6 is 11.6 Å². The van der Waals surface area contributed by atoms with E-state index in [9.17, 15) is 0 Å². The second-order valence-corrected chi connectivity index (χ2v) is 5.98. The zero-order chi connectivity index (χ0) is 17.4. The van der Waals surface area contributed by atoms with E-state index in [4.69, 9.17) is 11.6 Å². The predicted octanol–water partition coefficient (Wildman–Crippen LogP) is 2.71. The fraction of sp³-hybridized carbons (Fsp3) is 0.333. The maximum Gasteiger partial charge on any atom is 0.191 e. The van der Waals surface area contributed by atoms with Gasteiger partial charge in [0.15, 0.2) is 5.96 Å². The topological polar surface area (TPSA) is 52.6 Å². The van der Waals surface area contributed by atoms with Crippen molar-refractivity contribution in [2.75, 3.05) is 32.6 Å². The van der Waals surface area contributed by atoms with Gasteiger partial charge in [-0.1, -0.05) is 35.9 Å². The third-order valence-electron chi connectivity index (χ3n) is 3.61. The van der Waals surface area contributed by atoms with Crippen molar-refractivity contribution < 1.29 is 0 Å². The molecule has 1 aromatic heterocycles. The van der Waals surface area contributed by atoms with E-state index in [2.05, 4.69) is 26.7 Å². The molecule has 1 aromatic carbocycles. The minimum atomic E-state index is 0.660. The maximum atomic E-state index is 6.18. The smallest absolute Gasteiger partial charge is 0.191 e. The van der Waals surface area contributed by atoms with Gasteiger partial charge in [0.05, 0.1) is 0 Å². The summed E-state index contributed by atoms with van der Waals surface area (Å²) < 4.78 is 0. The summed E-state index contributed by atoms with van der Waals surface area (Å²) in [5.41, 5.74) is 2.25. The van der Waals surface area contributed by atoms with Crippen molar-refractivity contribution in [2.45, 2.75) is 13.0 Å². The van der Waals surface area contributed by atoms with Crippen LogP contribution in [0.3, 0.4) is 0 Å². The molecule has 6 heteroatoms. The third-order valence-corrected chi connectivity index (χ3v) is 3.97. The van der Waals surface area contributed by atoms with Crippen LogP contribution < -0.4 is 15.5 Å². The molecule has 0 fully saturated rings. The first kappa shape index (κ1) is 18.1. The van der Waals surface area contributed by atoms with E-state index < -0.39 is 0 Å². The van der Waals surface area contributed by atoms with Crippen molar-refractivity contribution in [1.29, 1.82) is 0 Å². The molecular weight excluding hydrogens is 322 g/mol. The summed E-state index contributed by atoms with van der Waals surface area (Å²) in [5, 5.41) is 7.43. The summed E-state index contributed by atoms with van der Waals surface area (Å²) >= 11 is 6.18.